The number of nitrogens with zero attached hydrogens (tertiary/aromatic N) is 4. The van der Waals surface area contributed by atoms with Gasteiger partial charge in [-0.1, -0.05) is 55.1 Å². The van der Waals surface area contributed by atoms with Crippen LogP contribution in [-0.4, -0.2) is 42.1 Å². The molecule has 0 radical (unpaired) electrons. The third kappa shape index (κ3) is 3.18. The number of hydrogen-bond donors (Lipinski definition) is 4. The van der Waals surface area contributed by atoms with E-state index in [9.17, 15) is 9.90 Å². The van der Waals surface area contributed by atoms with Gasteiger partial charge in [0, 0.05) is 35.8 Å². The molecule has 3 aromatic carbocycles. The highest BCUT2D eigenvalue weighted by atomic mass is 16.3. The number of rotatable bonds is 4. The van der Waals surface area contributed by atoms with E-state index in [1.54, 1.807) is 29.7 Å². The minimum atomic E-state index is -0.177. The van der Waals surface area contributed by atoms with Crippen molar-refractivity contribution in [2.24, 2.45) is 0 Å². The molecule has 1 aliphatic rings. The normalized spacial score (nSPS) is 14.9. The fourth-order valence-corrected chi connectivity index (χ4v) is 5.68. The van der Waals surface area contributed by atoms with Gasteiger partial charge in [-0.25, -0.2) is 9.97 Å². The average molecular weight is 502 g/mol. The van der Waals surface area contributed by atoms with Crippen molar-refractivity contribution in [3.63, 3.8) is 0 Å². The van der Waals surface area contributed by atoms with Crippen LogP contribution in [0.15, 0.2) is 73.8 Å². The number of carbonyl (C=O) groups is 1. The molecule has 0 aliphatic carbocycles. The van der Waals surface area contributed by atoms with Gasteiger partial charge in [0.25, 0.3) is 5.91 Å². The molecule has 0 saturated carbocycles. The molecule has 0 bridgehead atoms. The molecule has 0 fully saturated rings. The lowest BCUT2D eigenvalue weighted by Crippen LogP contribution is -2.31. The maximum Gasteiger partial charge on any atom is 0.274 e. The number of phenols is 1. The summed E-state index contributed by atoms with van der Waals surface area (Å²) < 4.78 is 1.91. The van der Waals surface area contributed by atoms with Crippen LogP contribution in [0.4, 0.5) is 5.69 Å². The molecule has 1 amide bonds. The third-order valence-electron chi connectivity index (χ3n) is 7.40. The van der Waals surface area contributed by atoms with E-state index in [4.69, 9.17) is 5.41 Å². The highest BCUT2D eigenvalue weighted by molar-refractivity contribution is 6.11. The van der Waals surface area contributed by atoms with E-state index in [2.05, 4.69) is 26.5 Å². The summed E-state index contributed by atoms with van der Waals surface area (Å²) >= 11 is 0. The Morgan fingerprint density at radius 1 is 1.13 bits per heavy atom. The van der Waals surface area contributed by atoms with E-state index in [1.807, 2.05) is 53.1 Å². The molecule has 0 saturated heterocycles. The van der Waals surface area contributed by atoms with Gasteiger partial charge in [0.1, 0.15) is 17.0 Å². The number of aromatic hydroxyl groups is 1. The van der Waals surface area contributed by atoms with Crippen LogP contribution in [-0.2, 0) is 6.54 Å². The molecule has 38 heavy (non-hydrogen) atoms. The lowest BCUT2D eigenvalue weighted by atomic mass is 9.94. The van der Waals surface area contributed by atoms with Crippen LogP contribution in [0, 0.1) is 5.41 Å². The van der Waals surface area contributed by atoms with Crippen LogP contribution in [0.2, 0.25) is 0 Å². The number of aromatic nitrogens is 5. The zero-order valence-electron chi connectivity index (χ0n) is 20.3. The monoisotopic (exact) mass is 501 g/mol. The Hall–Kier alpha value is -5.18. The number of phenolic OH excluding ortho intramolecular Hbond substituents is 1. The molecule has 7 rings (SSSR count). The number of fused-ring (bicyclic) bond motifs is 5. The second kappa shape index (κ2) is 8.17. The van der Waals surface area contributed by atoms with Gasteiger partial charge < -0.3 is 24.5 Å². The fourth-order valence-electron chi connectivity index (χ4n) is 5.68. The van der Waals surface area contributed by atoms with Gasteiger partial charge in [0.2, 0.25) is 0 Å². The second-order valence-corrected chi connectivity index (χ2v) is 9.53. The van der Waals surface area contributed by atoms with Crippen molar-refractivity contribution < 1.29 is 9.90 Å². The van der Waals surface area contributed by atoms with Crippen molar-refractivity contribution in [2.45, 2.75) is 12.5 Å². The summed E-state index contributed by atoms with van der Waals surface area (Å²) in [6.07, 6.45) is 4.94. The van der Waals surface area contributed by atoms with Crippen LogP contribution in [0.25, 0.3) is 38.9 Å². The Bertz CT molecular complexity index is 1980. The van der Waals surface area contributed by atoms with Crippen LogP contribution in [0.5, 0.6) is 5.75 Å². The number of amides is 1. The third-order valence-corrected chi connectivity index (χ3v) is 7.40. The molecular formula is C29H23N7O2. The topological polar surface area (TPSA) is 127 Å². The number of aromatic amines is 2. The van der Waals surface area contributed by atoms with Gasteiger partial charge in [-0.3, -0.25) is 10.2 Å². The van der Waals surface area contributed by atoms with Gasteiger partial charge in [0.05, 0.1) is 23.9 Å². The lowest BCUT2D eigenvalue weighted by molar-refractivity contribution is 0.0984. The standard InChI is InChI=1S/C29H23N7O2/c1-2-16-6-5-7-17-10-21(34-25(16)17)29(38)36-13-18(12-35-15-33-27(30)26-28(35)32-14-31-26)24-20-9-4-3-8-19(20)23(37)11-22(24)36/h2-11,14-15,18,30,34,37H,1,12-13H2,(H,31,32)/t18-/m1/s1. The summed E-state index contributed by atoms with van der Waals surface area (Å²) in [6, 6.07) is 17.1. The summed E-state index contributed by atoms with van der Waals surface area (Å²) in [7, 11) is 0. The Kier molecular flexibility index (Phi) is 4.74. The Morgan fingerprint density at radius 2 is 1.97 bits per heavy atom. The lowest BCUT2D eigenvalue weighted by Gasteiger charge is -2.18. The molecule has 4 heterocycles. The molecule has 1 aliphatic heterocycles. The highest BCUT2D eigenvalue weighted by Crippen LogP contribution is 2.46. The first-order valence-corrected chi connectivity index (χ1v) is 12.3. The fraction of sp³-hybridized carbons (Fsp3) is 0.103. The van der Waals surface area contributed by atoms with E-state index in [0.717, 1.165) is 32.8 Å². The molecule has 1 atom stereocenters. The Morgan fingerprint density at radius 3 is 2.82 bits per heavy atom. The SMILES string of the molecule is C=Cc1cccc2cc(C(=O)N3C[C@@H](Cn4cnc(=N)c5[nH]cnc54)c4c3cc(O)c3ccccc43)[nH]c12. The van der Waals surface area contributed by atoms with E-state index in [-0.39, 0.29) is 23.1 Å². The Balaban J connectivity index is 1.37. The zero-order valence-corrected chi connectivity index (χ0v) is 20.3. The number of H-pyrrole nitrogens is 2. The van der Waals surface area contributed by atoms with Crippen molar-refractivity contribution in [1.82, 2.24) is 24.5 Å². The van der Waals surface area contributed by atoms with Crippen LogP contribution >= 0.6 is 0 Å². The minimum Gasteiger partial charge on any atom is -0.507 e. The predicted octanol–water partition coefficient (Wildman–Crippen LogP) is 4.67. The number of hydrogen-bond acceptors (Lipinski definition) is 5. The smallest absolute Gasteiger partial charge is 0.274 e. The number of imidazole rings is 1. The van der Waals surface area contributed by atoms with Gasteiger partial charge >= 0.3 is 0 Å². The first kappa shape index (κ1) is 22.1. The van der Waals surface area contributed by atoms with E-state index in [0.29, 0.717) is 35.6 Å². The molecule has 6 aromatic rings. The molecule has 3 aromatic heterocycles. The maximum absolute atomic E-state index is 14.0. The number of anilines is 1. The maximum atomic E-state index is 14.0. The van der Waals surface area contributed by atoms with E-state index < -0.39 is 0 Å². The summed E-state index contributed by atoms with van der Waals surface area (Å²) in [5.41, 5.74) is 5.25. The van der Waals surface area contributed by atoms with Crippen LogP contribution in [0.3, 0.4) is 0 Å². The number of carbonyl (C=O) groups excluding carboxylic acids is 1. The van der Waals surface area contributed by atoms with Crippen molar-refractivity contribution in [1.29, 1.82) is 5.41 Å². The minimum absolute atomic E-state index is 0.101. The highest BCUT2D eigenvalue weighted by Gasteiger charge is 2.36. The average Bonchev–Trinajstić information content (AvgIpc) is 3.67. The Labute approximate surface area is 216 Å². The van der Waals surface area contributed by atoms with Crippen molar-refractivity contribution in [2.75, 3.05) is 11.4 Å². The molecule has 186 valence electrons. The van der Waals surface area contributed by atoms with Crippen LogP contribution < -0.4 is 10.4 Å². The number of para-hydroxylation sites is 1. The quantitative estimate of drug-likeness (QED) is 0.280. The molecule has 0 spiro atoms. The molecular weight excluding hydrogens is 478 g/mol. The van der Waals surface area contributed by atoms with E-state index >= 15 is 0 Å². The zero-order chi connectivity index (χ0) is 26.0. The predicted molar refractivity (Wildman–Crippen MR) is 146 cm³/mol. The summed E-state index contributed by atoms with van der Waals surface area (Å²) in [5.74, 6) is -0.147. The van der Waals surface area contributed by atoms with Gasteiger partial charge in [-0.2, -0.15) is 0 Å². The first-order valence-electron chi connectivity index (χ1n) is 12.3. The molecule has 0 unspecified atom stereocenters. The first-order chi connectivity index (χ1) is 18.5. The van der Waals surface area contributed by atoms with Gasteiger partial charge in [-0.15, -0.1) is 0 Å². The van der Waals surface area contributed by atoms with Crippen LogP contribution in [0.1, 0.15) is 27.5 Å². The molecule has 9 heteroatoms. The summed E-state index contributed by atoms with van der Waals surface area (Å²) in [6.45, 7) is 4.79. The summed E-state index contributed by atoms with van der Waals surface area (Å²) in [4.78, 5) is 30.6. The van der Waals surface area contributed by atoms with Gasteiger partial charge in [-0.05, 0) is 22.6 Å². The molecule has 9 nitrogen and oxygen atoms in total. The van der Waals surface area contributed by atoms with Crippen molar-refractivity contribution >= 4 is 50.5 Å². The largest absolute Gasteiger partial charge is 0.507 e. The molecule has 4 N–H and O–H groups in total. The van der Waals surface area contributed by atoms with E-state index in [1.165, 1.54) is 0 Å². The van der Waals surface area contributed by atoms with Crippen molar-refractivity contribution in [3.05, 3.63) is 96.1 Å². The summed E-state index contributed by atoms with van der Waals surface area (Å²) in [5, 5.41) is 21.6. The second-order valence-electron chi connectivity index (χ2n) is 9.53. The number of benzene rings is 3. The van der Waals surface area contributed by atoms with Crippen molar-refractivity contribution in [3.8, 4) is 5.75 Å². The number of nitrogens with one attached hydrogen (secondary N) is 3. The van der Waals surface area contributed by atoms with Gasteiger partial charge in [0.15, 0.2) is 11.1 Å².